The summed E-state index contributed by atoms with van der Waals surface area (Å²) in [6.07, 6.45) is 3.58. The van der Waals surface area contributed by atoms with Gasteiger partial charge in [0.05, 0.1) is 23.6 Å². The molecule has 6 heteroatoms. The summed E-state index contributed by atoms with van der Waals surface area (Å²) in [5, 5.41) is 5.77. The van der Waals surface area contributed by atoms with E-state index in [1.165, 1.54) is 5.06 Å². The number of hydroxylamine groups is 2. The Bertz CT molecular complexity index is 629. The molecule has 2 aromatic heterocycles. The van der Waals surface area contributed by atoms with Crippen LogP contribution in [0.4, 0.5) is 0 Å². The van der Waals surface area contributed by atoms with Gasteiger partial charge in [-0.1, -0.05) is 0 Å². The number of hydrogen-bond acceptors (Lipinski definition) is 4. The molecule has 1 fully saturated rings. The summed E-state index contributed by atoms with van der Waals surface area (Å²) >= 11 is 0. The van der Waals surface area contributed by atoms with Crippen LogP contribution in [0.3, 0.4) is 0 Å². The number of fused-ring (bicyclic) bond motifs is 1. The lowest BCUT2D eigenvalue weighted by Gasteiger charge is -2.26. The van der Waals surface area contributed by atoms with Gasteiger partial charge in [-0.3, -0.25) is 9.63 Å². The molecule has 100 valence electrons. The molecule has 0 aromatic carbocycles. The minimum Gasteiger partial charge on any atom is -0.271 e. The molecule has 0 aliphatic carbocycles. The van der Waals surface area contributed by atoms with Crippen LogP contribution in [-0.2, 0) is 4.84 Å². The second-order valence-electron chi connectivity index (χ2n) is 4.76. The monoisotopic (exact) mass is 260 g/mol. The zero-order valence-corrected chi connectivity index (χ0v) is 11.1. The van der Waals surface area contributed by atoms with E-state index in [0.717, 1.165) is 29.9 Å². The molecule has 3 heterocycles. The molecule has 0 radical (unpaired) electrons. The molecule has 0 atom stereocenters. The largest absolute Gasteiger partial charge is 0.280 e. The third kappa shape index (κ3) is 2.08. The third-order valence-electron chi connectivity index (χ3n) is 3.31. The molecule has 0 N–H and O–H groups in total. The van der Waals surface area contributed by atoms with E-state index in [1.807, 2.05) is 19.9 Å². The molecular weight excluding hydrogens is 244 g/mol. The van der Waals surface area contributed by atoms with Crippen molar-refractivity contribution in [2.45, 2.75) is 26.7 Å². The first-order chi connectivity index (χ1) is 9.16. The topological polar surface area (TPSA) is 59.7 Å². The van der Waals surface area contributed by atoms with Crippen molar-refractivity contribution in [3.8, 4) is 0 Å². The maximum Gasteiger partial charge on any atom is 0.280 e. The SMILES string of the molecule is Cc1cc2ncc(C(=O)N3CCCCO3)c(C)n2n1. The number of nitrogens with zero attached hydrogens (tertiary/aromatic N) is 4. The second kappa shape index (κ2) is 4.62. The van der Waals surface area contributed by atoms with E-state index in [4.69, 9.17) is 4.84 Å². The highest BCUT2D eigenvalue weighted by Gasteiger charge is 2.22. The minimum absolute atomic E-state index is 0.139. The average molecular weight is 260 g/mol. The number of aryl methyl sites for hydroxylation is 2. The number of carbonyl (C=O) groups is 1. The Morgan fingerprint density at radius 1 is 1.37 bits per heavy atom. The fraction of sp³-hybridized carbons (Fsp3) is 0.462. The van der Waals surface area contributed by atoms with E-state index in [0.29, 0.717) is 18.7 Å². The first kappa shape index (κ1) is 12.1. The Balaban J connectivity index is 1.99. The van der Waals surface area contributed by atoms with Crippen molar-refractivity contribution in [1.29, 1.82) is 0 Å². The van der Waals surface area contributed by atoms with Crippen LogP contribution in [0, 0.1) is 13.8 Å². The van der Waals surface area contributed by atoms with Gasteiger partial charge in [-0.15, -0.1) is 0 Å². The van der Waals surface area contributed by atoms with E-state index >= 15 is 0 Å². The van der Waals surface area contributed by atoms with E-state index in [9.17, 15) is 4.79 Å². The van der Waals surface area contributed by atoms with Crippen molar-refractivity contribution in [2.24, 2.45) is 0 Å². The zero-order valence-electron chi connectivity index (χ0n) is 11.1. The van der Waals surface area contributed by atoms with Crippen LogP contribution in [0.2, 0.25) is 0 Å². The molecule has 1 aliphatic heterocycles. The molecule has 0 unspecified atom stereocenters. The van der Waals surface area contributed by atoms with Gasteiger partial charge >= 0.3 is 0 Å². The lowest BCUT2D eigenvalue weighted by Crippen LogP contribution is -2.36. The molecule has 2 aromatic rings. The van der Waals surface area contributed by atoms with Crippen LogP contribution in [0.5, 0.6) is 0 Å². The molecule has 6 nitrogen and oxygen atoms in total. The predicted octanol–water partition coefficient (Wildman–Crippen LogP) is 1.51. The highest BCUT2D eigenvalue weighted by atomic mass is 16.7. The first-order valence-corrected chi connectivity index (χ1v) is 6.43. The average Bonchev–Trinajstić information content (AvgIpc) is 2.81. The summed E-state index contributed by atoms with van der Waals surface area (Å²) < 4.78 is 1.70. The minimum atomic E-state index is -0.139. The zero-order chi connectivity index (χ0) is 13.4. The predicted molar refractivity (Wildman–Crippen MR) is 68.7 cm³/mol. The number of aromatic nitrogens is 3. The summed E-state index contributed by atoms with van der Waals surface area (Å²) in [7, 11) is 0. The fourth-order valence-electron chi connectivity index (χ4n) is 2.26. The van der Waals surface area contributed by atoms with Crippen LogP contribution in [0.1, 0.15) is 34.6 Å². The van der Waals surface area contributed by atoms with Gasteiger partial charge < -0.3 is 0 Å². The van der Waals surface area contributed by atoms with Crippen molar-refractivity contribution in [3.63, 3.8) is 0 Å². The van der Waals surface area contributed by atoms with Crippen LogP contribution < -0.4 is 0 Å². The van der Waals surface area contributed by atoms with Crippen molar-refractivity contribution in [3.05, 3.63) is 29.2 Å². The Morgan fingerprint density at radius 2 is 2.21 bits per heavy atom. The van der Waals surface area contributed by atoms with Crippen molar-refractivity contribution in [1.82, 2.24) is 19.7 Å². The summed E-state index contributed by atoms with van der Waals surface area (Å²) in [6.45, 7) is 5.01. The van der Waals surface area contributed by atoms with Crippen LogP contribution in [0.15, 0.2) is 12.3 Å². The van der Waals surface area contributed by atoms with Gasteiger partial charge in [-0.05, 0) is 26.7 Å². The molecule has 0 saturated carbocycles. The number of amides is 1. The fourth-order valence-corrected chi connectivity index (χ4v) is 2.26. The van der Waals surface area contributed by atoms with E-state index in [1.54, 1.807) is 10.7 Å². The highest BCUT2D eigenvalue weighted by Crippen LogP contribution is 2.15. The summed E-state index contributed by atoms with van der Waals surface area (Å²) in [6, 6.07) is 1.89. The van der Waals surface area contributed by atoms with Crippen LogP contribution >= 0.6 is 0 Å². The Morgan fingerprint density at radius 3 is 2.95 bits per heavy atom. The van der Waals surface area contributed by atoms with Gasteiger partial charge in [-0.2, -0.15) is 5.10 Å². The van der Waals surface area contributed by atoms with Crippen molar-refractivity contribution in [2.75, 3.05) is 13.2 Å². The molecule has 19 heavy (non-hydrogen) atoms. The molecule has 0 bridgehead atoms. The standard InChI is InChI=1S/C13H16N4O2/c1-9-7-12-14-8-11(10(2)17(12)15-9)13(18)16-5-3-4-6-19-16/h7-8H,3-6H2,1-2H3. The van der Waals surface area contributed by atoms with E-state index in [-0.39, 0.29) is 5.91 Å². The molecule has 1 amide bonds. The second-order valence-corrected chi connectivity index (χ2v) is 4.76. The summed E-state index contributed by atoms with van der Waals surface area (Å²) in [5.41, 5.74) is 2.97. The highest BCUT2D eigenvalue weighted by molar-refractivity contribution is 5.94. The number of hydrogen-bond donors (Lipinski definition) is 0. The maximum absolute atomic E-state index is 12.4. The molecule has 0 spiro atoms. The van der Waals surface area contributed by atoms with E-state index in [2.05, 4.69) is 10.1 Å². The molecular formula is C13H16N4O2. The van der Waals surface area contributed by atoms with Crippen LogP contribution in [-0.4, -0.2) is 38.7 Å². The first-order valence-electron chi connectivity index (χ1n) is 6.43. The van der Waals surface area contributed by atoms with Crippen molar-refractivity contribution < 1.29 is 9.63 Å². The summed E-state index contributed by atoms with van der Waals surface area (Å²) in [4.78, 5) is 22.1. The van der Waals surface area contributed by atoms with Crippen molar-refractivity contribution >= 4 is 11.6 Å². The third-order valence-corrected chi connectivity index (χ3v) is 3.31. The quantitative estimate of drug-likeness (QED) is 0.780. The lowest BCUT2D eigenvalue weighted by atomic mass is 10.2. The molecule has 3 rings (SSSR count). The Labute approximate surface area is 110 Å². The Kier molecular flexibility index (Phi) is 2.94. The lowest BCUT2D eigenvalue weighted by molar-refractivity contribution is -0.144. The van der Waals surface area contributed by atoms with Gasteiger partial charge in [0.15, 0.2) is 5.65 Å². The van der Waals surface area contributed by atoms with Gasteiger partial charge in [-0.25, -0.2) is 14.6 Å². The molecule has 1 saturated heterocycles. The summed E-state index contributed by atoms with van der Waals surface area (Å²) in [5.74, 6) is -0.139. The Hall–Kier alpha value is -1.95. The van der Waals surface area contributed by atoms with Crippen LogP contribution in [0.25, 0.3) is 5.65 Å². The maximum atomic E-state index is 12.4. The number of carbonyl (C=O) groups excluding carboxylic acids is 1. The van der Waals surface area contributed by atoms with Gasteiger partial charge in [0, 0.05) is 18.8 Å². The van der Waals surface area contributed by atoms with Gasteiger partial charge in [0.2, 0.25) is 0 Å². The number of rotatable bonds is 1. The van der Waals surface area contributed by atoms with Gasteiger partial charge in [0.25, 0.3) is 5.91 Å². The smallest absolute Gasteiger partial charge is 0.271 e. The normalized spacial score (nSPS) is 16.0. The molecule has 1 aliphatic rings. The van der Waals surface area contributed by atoms with E-state index < -0.39 is 0 Å². The van der Waals surface area contributed by atoms with Gasteiger partial charge in [0.1, 0.15) is 0 Å².